The van der Waals surface area contributed by atoms with Gasteiger partial charge in [-0.05, 0) is 12.1 Å². The minimum atomic E-state index is -0.799. The third kappa shape index (κ3) is 1.81. The molecule has 5 heteroatoms. The molecule has 2 aromatic heterocycles. The molecule has 1 unspecified atom stereocenters. The molecule has 0 saturated heterocycles. The Morgan fingerprint density at radius 3 is 3.13 bits per heavy atom. The molecule has 0 aromatic carbocycles. The summed E-state index contributed by atoms with van der Waals surface area (Å²) in [5, 5.41) is 16.5. The highest BCUT2D eigenvalue weighted by molar-refractivity contribution is 5.69. The van der Waals surface area contributed by atoms with Gasteiger partial charge in [-0.25, -0.2) is 4.52 Å². The number of hydrogen-bond donors (Lipinski definition) is 1. The third-order valence-corrected chi connectivity index (χ3v) is 2.34. The van der Waals surface area contributed by atoms with Crippen LogP contribution in [0.2, 0.25) is 0 Å². The zero-order valence-electron chi connectivity index (χ0n) is 8.29. The first-order valence-electron chi connectivity index (χ1n) is 4.69. The normalized spacial score (nSPS) is 12.9. The summed E-state index contributed by atoms with van der Waals surface area (Å²) >= 11 is 0. The Kier molecular flexibility index (Phi) is 2.37. The quantitative estimate of drug-likeness (QED) is 0.811. The van der Waals surface area contributed by atoms with Gasteiger partial charge in [-0.2, -0.15) is 0 Å². The van der Waals surface area contributed by atoms with Gasteiger partial charge in [0.25, 0.3) is 0 Å². The summed E-state index contributed by atoms with van der Waals surface area (Å²) in [5.74, 6) is -1.22. The van der Waals surface area contributed by atoms with Crippen molar-refractivity contribution >= 4 is 11.5 Å². The minimum Gasteiger partial charge on any atom is -0.481 e. The molecule has 78 valence electrons. The predicted octanol–water partition coefficient (Wildman–Crippen LogP) is 0.992. The van der Waals surface area contributed by atoms with E-state index in [1.807, 2.05) is 18.2 Å². The van der Waals surface area contributed by atoms with Crippen molar-refractivity contribution in [1.82, 2.24) is 14.8 Å². The van der Waals surface area contributed by atoms with Gasteiger partial charge in [0.1, 0.15) is 0 Å². The highest BCUT2D eigenvalue weighted by Gasteiger charge is 2.13. The van der Waals surface area contributed by atoms with Gasteiger partial charge in [0.05, 0.1) is 17.6 Å². The number of carbonyl (C=O) groups is 1. The molecule has 0 aliphatic rings. The Morgan fingerprint density at radius 1 is 1.60 bits per heavy atom. The van der Waals surface area contributed by atoms with E-state index in [1.54, 1.807) is 17.6 Å². The molecule has 2 rings (SSSR count). The molecule has 1 N–H and O–H groups in total. The molecule has 0 radical (unpaired) electrons. The molecule has 0 aliphatic carbocycles. The van der Waals surface area contributed by atoms with E-state index in [0.717, 1.165) is 11.2 Å². The second-order valence-electron chi connectivity index (χ2n) is 3.53. The van der Waals surface area contributed by atoms with Crippen molar-refractivity contribution in [2.45, 2.75) is 13.3 Å². The molecule has 0 aliphatic heterocycles. The maximum Gasteiger partial charge on any atom is 0.306 e. The molecule has 15 heavy (non-hydrogen) atoms. The first-order valence-corrected chi connectivity index (χ1v) is 4.69. The van der Waals surface area contributed by atoms with Crippen molar-refractivity contribution < 1.29 is 9.90 Å². The number of pyridine rings is 1. The Hall–Kier alpha value is -1.91. The van der Waals surface area contributed by atoms with Crippen LogP contribution in [0.5, 0.6) is 0 Å². The Morgan fingerprint density at radius 2 is 2.40 bits per heavy atom. The van der Waals surface area contributed by atoms with Crippen LogP contribution in [0.3, 0.4) is 0 Å². The summed E-state index contributed by atoms with van der Waals surface area (Å²) in [4.78, 5) is 10.7. The van der Waals surface area contributed by atoms with Crippen LogP contribution in [0.15, 0.2) is 24.4 Å². The van der Waals surface area contributed by atoms with E-state index in [1.165, 1.54) is 0 Å². The van der Waals surface area contributed by atoms with Crippen molar-refractivity contribution in [2.24, 2.45) is 5.92 Å². The lowest BCUT2D eigenvalue weighted by atomic mass is 10.1. The zero-order chi connectivity index (χ0) is 10.8. The average molecular weight is 205 g/mol. The van der Waals surface area contributed by atoms with Gasteiger partial charge in [-0.1, -0.05) is 18.2 Å². The van der Waals surface area contributed by atoms with Crippen LogP contribution in [0.25, 0.3) is 5.52 Å². The SMILES string of the molecule is CC(Cc1cccc2cnnn12)C(=O)O. The van der Waals surface area contributed by atoms with E-state index in [-0.39, 0.29) is 0 Å². The van der Waals surface area contributed by atoms with Crippen LogP contribution >= 0.6 is 0 Å². The molecule has 0 spiro atoms. The molecular weight excluding hydrogens is 194 g/mol. The average Bonchev–Trinajstić information content (AvgIpc) is 2.66. The summed E-state index contributed by atoms with van der Waals surface area (Å²) < 4.78 is 1.67. The molecular formula is C10H11N3O2. The summed E-state index contributed by atoms with van der Waals surface area (Å²) in [6.45, 7) is 1.68. The lowest BCUT2D eigenvalue weighted by Crippen LogP contribution is -2.14. The van der Waals surface area contributed by atoms with Crippen LogP contribution in [0, 0.1) is 5.92 Å². The number of fused-ring (bicyclic) bond motifs is 1. The summed E-state index contributed by atoms with van der Waals surface area (Å²) in [6, 6.07) is 5.62. The zero-order valence-corrected chi connectivity index (χ0v) is 8.29. The second kappa shape index (κ2) is 3.68. The highest BCUT2D eigenvalue weighted by atomic mass is 16.4. The number of carboxylic acid groups (broad SMARTS) is 1. The number of aromatic nitrogens is 3. The van der Waals surface area contributed by atoms with E-state index in [0.29, 0.717) is 6.42 Å². The lowest BCUT2D eigenvalue weighted by Gasteiger charge is -2.07. The number of hydrogen-bond acceptors (Lipinski definition) is 3. The fraction of sp³-hybridized carbons (Fsp3) is 0.300. The topological polar surface area (TPSA) is 67.5 Å². The Balaban J connectivity index is 2.35. The van der Waals surface area contributed by atoms with Gasteiger partial charge in [0, 0.05) is 12.1 Å². The molecule has 2 aromatic rings. The van der Waals surface area contributed by atoms with Crippen LogP contribution in [0.4, 0.5) is 0 Å². The minimum absolute atomic E-state index is 0.417. The van der Waals surface area contributed by atoms with Crippen LogP contribution < -0.4 is 0 Å². The van der Waals surface area contributed by atoms with Gasteiger partial charge in [-0.15, -0.1) is 5.10 Å². The van der Waals surface area contributed by atoms with Crippen molar-refractivity contribution in [3.63, 3.8) is 0 Å². The third-order valence-electron chi connectivity index (χ3n) is 2.34. The van der Waals surface area contributed by atoms with E-state index in [9.17, 15) is 4.79 Å². The maximum absolute atomic E-state index is 10.7. The first kappa shape index (κ1) is 9.64. The fourth-order valence-corrected chi connectivity index (χ4v) is 1.46. The Labute approximate surface area is 86.3 Å². The fourth-order valence-electron chi connectivity index (χ4n) is 1.46. The van der Waals surface area contributed by atoms with Crippen molar-refractivity contribution in [1.29, 1.82) is 0 Å². The summed E-state index contributed by atoms with van der Waals surface area (Å²) in [5.41, 5.74) is 1.74. The molecule has 5 nitrogen and oxygen atoms in total. The molecule has 0 bridgehead atoms. The van der Waals surface area contributed by atoms with E-state index < -0.39 is 11.9 Å². The number of carboxylic acids is 1. The van der Waals surface area contributed by atoms with Gasteiger partial charge < -0.3 is 5.11 Å². The van der Waals surface area contributed by atoms with Gasteiger partial charge >= 0.3 is 5.97 Å². The lowest BCUT2D eigenvalue weighted by molar-refractivity contribution is -0.141. The van der Waals surface area contributed by atoms with E-state index in [4.69, 9.17) is 5.11 Å². The number of nitrogens with zero attached hydrogens (tertiary/aromatic N) is 3. The van der Waals surface area contributed by atoms with Crippen LogP contribution in [0.1, 0.15) is 12.6 Å². The van der Waals surface area contributed by atoms with Gasteiger partial charge in [0.15, 0.2) is 0 Å². The highest BCUT2D eigenvalue weighted by Crippen LogP contribution is 2.10. The monoisotopic (exact) mass is 205 g/mol. The van der Waals surface area contributed by atoms with E-state index in [2.05, 4.69) is 10.3 Å². The molecule has 0 amide bonds. The Bertz CT molecular complexity index is 492. The molecule has 0 fully saturated rings. The van der Waals surface area contributed by atoms with Gasteiger partial charge in [0.2, 0.25) is 0 Å². The van der Waals surface area contributed by atoms with Crippen LogP contribution in [-0.2, 0) is 11.2 Å². The van der Waals surface area contributed by atoms with Crippen molar-refractivity contribution in [2.75, 3.05) is 0 Å². The maximum atomic E-state index is 10.7. The van der Waals surface area contributed by atoms with E-state index >= 15 is 0 Å². The summed E-state index contributed by atoms with van der Waals surface area (Å²) in [7, 11) is 0. The second-order valence-corrected chi connectivity index (χ2v) is 3.53. The predicted molar refractivity (Wildman–Crippen MR) is 53.5 cm³/mol. The molecule has 0 saturated carbocycles. The van der Waals surface area contributed by atoms with Crippen molar-refractivity contribution in [3.8, 4) is 0 Å². The first-order chi connectivity index (χ1) is 7.18. The summed E-state index contributed by atoms with van der Waals surface area (Å²) in [6.07, 6.45) is 2.10. The number of rotatable bonds is 3. The molecule has 2 heterocycles. The van der Waals surface area contributed by atoms with Gasteiger partial charge in [-0.3, -0.25) is 4.79 Å². The van der Waals surface area contributed by atoms with Crippen molar-refractivity contribution in [3.05, 3.63) is 30.1 Å². The number of aliphatic carboxylic acids is 1. The van der Waals surface area contributed by atoms with Crippen LogP contribution in [-0.4, -0.2) is 25.9 Å². The standard InChI is InChI=1S/C10H11N3O2/c1-7(10(14)15)5-8-3-2-4-9-6-11-12-13(8)9/h2-4,6-7H,5H2,1H3,(H,14,15). The molecule has 1 atom stereocenters. The smallest absolute Gasteiger partial charge is 0.306 e. The largest absolute Gasteiger partial charge is 0.481 e.